The number of pyridine rings is 1. The summed E-state index contributed by atoms with van der Waals surface area (Å²) in [6, 6.07) is 27.3. The maximum absolute atomic E-state index is 5.30. The first-order chi connectivity index (χ1) is 15.8. The monoisotopic (exact) mass is 423 g/mol. The summed E-state index contributed by atoms with van der Waals surface area (Å²) in [7, 11) is 1.68. The standard InChI is InChI=1S/C28H29N3O/c1-32-24-15-11-22(12-16-24)27-19-28(25-7-3-4-8-26(25)30-27)29-23-13-9-21(10-14-23)20-31-17-5-2-6-18-31/h3-4,7-16,19H,2,5-6,17-18,20H2,1H3,(H,29,30). The first kappa shape index (κ1) is 20.5. The van der Waals surface area contributed by atoms with Crippen molar-refractivity contribution in [3.8, 4) is 17.0 Å². The van der Waals surface area contributed by atoms with Crippen molar-refractivity contribution in [2.24, 2.45) is 0 Å². The minimum absolute atomic E-state index is 0.845. The van der Waals surface area contributed by atoms with Crippen molar-refractivity contribution in [2.45, 2.75) is 25.8 Å². The van der Waals surface area contributed by atoms with Gasteiger partial charge in [0.05, 0.1) is 24.0 Å². The van der Waals surface area contributed by atoms with Crippen LogP contribution in [0.4, 0.5) is 11.4 Å². The summed E-state index contributed by atoms with van der Waals surface area (Å²) in [4.78, 5) is 7.46. The highest BCUT2D eigenvalue weighted by Gasteiger charge is 2.11. The highest BCUT2D eigenvalue weighted by Crippen LogP contribution is 2.31. The van der Waals surface area contributed by atoms with E-state index in [1.54, 1.807) is 7.11 Å². The molecule has 32 heavy (non-hydrogen) atoms. The molecule has 5 rings (SSSR count). The molecule has 4 aromatic rings. The van der Waals surface area contributed by atoms with Crippen LogP contribution in [0, 0.1) is 0 Å². The molecular weight excluding hydrogens is 394 g/mol. The highest BCUT2D eigenvalue weighted by molar-refractivity contribution is 5.95. The number of rotatable bonds is 6. The molecule has 1 aromatic heterocycles. The third kappa shape index (κ3) is 4.61. The molecule has 1 aliphatic heterocycles. The molecule has 0 aliphatic carbocycles. The summed E-state index contributed by atoms with van der Waals surface area (Å²) in [5.41, 5.74) is 6.50. The molecule has 4 heteroatoms. The number of methoxy groups -OCH3 is 1. The van der Waals surface area contributed by atoms with Crippen LogP contribution in [-0.4, -0.2) is 30.1 Å². The Morgan fingerprint density at radius 3 is 2.38 bits per heavy atom. The molecular formula is C28H29N3O. The van der Waals surface area contributed by atoms with Crippen LogP contribution in [0.2, 0.25) is 0 Å². The molecule has 0 atom stereocenters. The average Bonchev–Trinajstić information content (AvgIpc) is 2.86. The number of aromatic nitrogens is 1. The fraction of sp³-hybridized carbons (Fsp3) is 0.250. The minimum Gasteiger partial charge on any atom is -0.497 e. The van der Waals surface area contributed by atoms with E-state index in [1.807, 2.05) is 18.2 Å². The van der Waals surface area contributed by atoms with Crippen LogP contribution < -0.4 is 10.1 Å². The second-order valence-electron chi connectivity index (χ2n) is 8.46. The number of anilines is 2. The Morgan fingerprint density at radius 1 is 0.875 bits per heavy atom. The first-order valence-corrected chi connectivity index (χ1v) is 11.4. The number of ether oxygens (including phenoxy) is 1. The average molecular weight is 424 g/mol. The van der Waals surface area contributed by atoms with Crippen LogP contribution in [0.1, 0.15) is 24.8 Å². The fourth-order valence-electron chi connectivity index (χ4n) is 4.41. The highest BCUT2D eigenvalue weighted by atomic mass is 16.5. The van der Waals surface area contributed by atoms with E-state index in [-0.39, 0.29) is 0 Å². The third-order valence-corrected chi connectivity index (χ3v) is 6.19. The molecule has 0 unspecified atom stereocenters. The molecule has 1 fully saturated rings. The van der Waals surface area contributed by atoms with Gasteiger partial charge in [0, 0.05) is 23.2 Å². The Bertz CT molecular complexity index is 1180. The van der Waals surface area contributed by atoms with Crippen LogP contribution in [0.5, 0.6) is 5.75 Å². The third-order valence-electron chi connectivity index (χ3n) is 6.19. The first-order valence-electron chi connectivity index (χ1n) is 11.4. The minimum atomic E-state index is 0.845. The van der Waals surface area contributed by atoms with Crippen LogP contribution in [-0.2, 0) is 6.54 Å². The second kappa shape index (κ2) is 9.41. The summed E-state index contributed by atoms with van der Waals surface area (Å²) in [6.45, 7) is 3.48. The number of hydrogen-bond acceptors (Lipinski definition) is 4. The van der Waals surface area contributed by atoms with Gasteiger partial charge >= 0.3 is 0 Å². The number of likely N-dealkylation sites (tertiary alicyclic amines) is 1. The predicted molar refractivity (Wildman–Crippen MR) is 133 cm³/mol. The van der Waals surface area contributed by atoms with Crippen LogP contribution in [0.25, 0.3) is 22.2 Å². The van der Waals surface area contributed by atoms with Gasteiger partial charge in [-0.1, -0.05) is 36.8 Å². The lowest BCUT2D eigenvalue weighted by Crippen LogP contribution is -2.29. The quantitative estimate of drug-likeness (QED) is 0.377. The maximum Gasteiger partial charge on any atom is 0.118 e. The van der Waals surface area contributed by atoms with E-state index in [0.29, 0.717) is 0 Å². The van der Waals surface area contributed by atoms with E-state index in [4.69, 9.17) is 9.72 Å². The maximum atomic E-state index is 5.30. The summed E-state index contributed by atoms with van der Waals surface area (Å²) < 4.78 is 5.30. The van der Waals surface area contributed by atoms with Gasteiger partial charge < -0.3 is 10.1 Å². The van der Waals surface area contributed by atoms with Gasteiger partial charge in [0.2, 0.25) is 0 Å². The van der Waals surface area contributed by atoms with Crippen LogP contribution >= 0.6 is 0 Å². The number of benzene rings is 3. The Balaban J connectivity index is 1.41. The van der Waals surface area contributed by atoms with E-state index in [2.05, 4.69) is 70.9 Å². The molecule has 0 saturated carbocycles. The summed E-state index contributed by atoms with van der Waals surface area (Å²) >= 11 is 0. The van der Waals surface area contributed by atoms with Gasteiger partial charge in [-0.2, -0.15) is 0 Å². The van der Waals surface area contributed by atoms with E-state index >= 15 is 0 Å². The van der Waals surface area contributed by atoms with E-state index < -0.39 is 0 Å². The lowest BCUT2D eigenvalue weighted by atomic mass is 10.1. The largest absolute Gasteiger partial charge is 0.497 e. The van der Waals surface area contributed by atoms with Gasteiger partial charge in [0.1, 0.15) is 5.75 Å². The van der Waals surface area contributed by atoms with Gasteiger partial charge in [-0.15, -0.1) is 0 Å². The normalized spacial score (nSPS) is 14.4. The van der Waals surface area contributed by atoms with Crippen molar-refractivity contribution < 1.29 is 4.74 Å². The zero-order valence-electron chi connectivity index (χ0n) is 18.6. The number of hydrogen-bond donors (Lipinski definition) is 1. The smallest absolute Gasteiger partial charge is 0.118 e. The Kier molecular flexibility index (Phi) is 6.04. The van der Waals surface area contributed by atoms with E-state index in [1.165, 1.54) is 37.9 Å². The Hall–Kier alpha value is -3.37. The number of nitrogens with one attached hydrogen (secondary N) is 1. The molecule has 3 aromatic carbocycles. The Labute approximate surface area is 189 Å². The summed E-state index contributed by atoms with van der Waals surface area (Å²) in [5.74, 6) is 0.845. The molecule has 0 amide bonds. The van der Waals surface area contributed by atoms with Crippen molar-refractivity contribution >= 4 is 22.3 Å². The van der Waals surface area contributed by atoms with Crippen molar-refractivity contribution in [2.75, 3.05) is 25.5 Å². The summed E-state index contributed by atoms with van der Waals surface area (Å²) in [5, 5.41) is 4.75. The second-order valence-corrected chi connectivity index (χ2v) is 8.46. The molecule has 1 N–H and O–H groups in total. The molecule has 162 valence electrons. The fourth-order valence-corrected chi connectivity index (χ4v) is 4.41. The number of piperidine rings is 1. The molecule has 4 nitrogen and oxygen atoms in total. The molecule has 1 saturated heterocycles. The van der Waals surface area contributed by atoms with Crippen LogP contribution in [0.3, 0.4) is 0 Å². The number of nitrogens with zero attached hydrogens (tertiary/aromatic N) is 2. The predicted octanol–water partition coefficient (Wildman–Crippen LogP) is 6.64. The van der Waals surface area contributed by atoms with E-state index in [9.17, 15) is 0 Å². The van der Waals surface area contributed by atoms with Crippen molar-refractivity contribution in [3.63, 3.8) is 0 Å². The van der Waals surface area contributed by atoms with Gasteiger partial charge in [-0.3, -0.25) is 4.90 Å². The zero-order valence-corrected chi connectivity index (χ0v) is 18.6. The SMILES string of the molecule is COc1ccc(-c2cc(Nc3ccc(CN4CCCCC4)cc3)c3ccccc3n2)cc1. The zero-order chi connectivity index (χ0) is 21.8. The topological polar surface area (TPSA) is 37.4 Å². The molecule has 2 heterocycles. The van der Waals surface area contributed by atoms with Crippen molar-refractivity contribution in [1.82, 2.24) is 9.88 Å². The number of para-hydroxylation sites is 1. The molecule has 1 aliphatic rings. The molecule has 0 spiro atoms. The Morgan fingerprint density at radius 2 is 1.62 bits per heavy atom. The lowest BCUT2D eigenvalue weighted by Gasteiger charge is -2.26. The van der Waals surface area contributed by atoms with E-state index in [0.717, 1.165) is 45.8 Å². The van der Waals surface area contributed by atoms with Gasteiger partial charge in [0.15, 0.2) is 0 Å². The van der Waals surface area contributed by atoms with Crippen molar-refractivity contribution in [1.29, 1.82) is 0 Å². The van der Waals surface area contributed by atoms with Gasteiger partial charge in [-0.25, -0.2) is 4.98 Å². The lowest BCUT2D eigenvalue weighted by molar-refractivity contribution is 0.221. The van der Waals surface area contributed by atoms with Crippen LogP contribution in [0.15, 0.2) is 78.9 Å². The van der Waals surface area contributed by atoms with Gasteiger partial charge in [0.25, 0.3) is 0 Å². The number of fused-ring (bicyclic) bond motifs is 1. The molecule has 0 radical (unpaired) electrons. The van der Waals surface area contributed by atoms with Gasteiger partial charge in [-0.05, 0) is 80.0 Å². The summed E-state index contributed by atoms with van der Waals surface area (Å²) in [6.07, 6.45) is 4.02. The van der Waals surface area contributed by atoms with Crippen molar-refractivity contribution in [3.05, 3.63) is 84.4 Å². The molecule has 0 bridgehead atoms.